The minimum Gasteiger partial charge on any atom is -0.486 e. The summed E-state index contributed by atoms with van der Waals surface area (Å²) in [4.78, 5) is 3.20. The Morgan fingerprint density at radius 2 is 1.79 bits per heavy atom. The van der Waals surface area contributed by atoms with Gasteiger partial charge < -0.3 is 9.72 Å². The molecular formula is C17H17NO. The lowest BCUT2D eigenvalue weighted by atomic mass is 10.1. The Hall–Kier alpha value is -2.22. The van der Waals surface area contributed by atoms with E-state index < -0.39 is 0 Å². The molecule has 0 amide bonds. The third-order valence-corrected chi connectivity index (χ3v) is 3.39. The van der Waals surface area contributed by atoms with Crippen molar-refractivity contribution in [3.05, 3.63) is 65.9 Å². The minimum absolute atomic E-state index is 0.0491. The summed E-state index contributed by atoms with van der Waals surface area (Å²) in [5.74, 6) is 0.892. The van der Waals surface area contributed by atoms with Crippen molar-refractivity contribution in [2.45, 2.75) is 20.0 Å². The third kappa shape index (κ3) is 2.48. The van der Waals surface area contributed by atoms with Crippen molar-refractivity contribution < 1.29 is 4.74 Å². The van der Waals surface area contributed by atoms with Crippen LogP contribution in [0.25, 0.3) is 10.9 Å². The standard InChI is InChI=1S/C17H17NO/c1-12-3-5-14(6-4-12)13(2)19-16-8-7-15-9-10-18-17(15)11-16/h3-11,13,18H,1-2H3. The van der Waals surface area contributed by atoms with E-state index in [-0.39, 0.29) is 6.10 Å². The van der Waals surface area contributed by atoms with Crippen molar-refractivity contribution in [3.63, 3.8) is 0 Å². The Morgan fingerprint density at radius 1 is 1.00 bits per heavy atom. The molecule has 96 valence electrons. The van der Waals surface area contributed by atoms with Gasteiger partial charge in [-0.2, -0.15) is 0 Å². The highest BCUT2D eigenvalue weighted by atomic mass is 16.5. The van der Waals surface area contributed by atoms with Gasteiger partial charge in [-0.1, -0.05) is 29.8 Å². The van der Waals surface area contributed by atoms with Crippen LogP contribution < -0.4 is 4.74 Å². The van der Waals surface area contributed by atoms with Crippen LogP contribution in [0.2, 0.25) is 0 Å². The molecule has 1 N–H and O–H groups in total. The Labute approximate surface area is 113 Å². The molecule has 0 aliphatic heterocycles. The van der Waals surface area contributed by atoms with Gasteiger partial charge in [0.25, 0.3) is 0 Å². The quantitative estimate of drug-likeness (QED) is 0.722. The molecule has 19 heavy (non-hydrogen) atoms. The number of fused-ring (bicyclic) bond motifs is 1. The molecule has 0 spiro atoms. The second-order valence-corrected chi connectivity index (χ2v) is 4.90. The maximum Gasteiger partial charge on any atom is 0.122 e. The van der Waals surface area contributed by atoms with Crippen molar-refractivity contribution in [3.8, 4) is 5.75 Å². The van der Waals surface area contributed by atoms with Gasteiger partial charge in [-0.15, -0.1) is 0 Å². The van der Waals surface area contributed by atoms with E-state index in [1.807, 2.05) is 18.3 Å². The number of aryl methyl sites for hydroxylation is 1. The van der Waals surface area contributed by atoms with E-state index in [9.17, 15) is 0 Å². The second kappa shape index (κ2) is 4.81. The number of rotatable bonds is 3. The molecule has 0 saturated carbocycles. The van der Waals surface area contributed by atoms with Gasteiger partial charge in [0, 0.05) is 17.8 Å². The van der Waals surface area contributed by atoms with Crippen molar-refractivity contribution in [2.75, 3.05) is 0 Å². The van der Waals surface area contributed by atoms with E-state index in [0.29, 0.717) is 0 Å². The first-order valence-electron chi connectivity index (χ1n) is 6.53. The average Bonchev–Trinajstić information content (AvgIpc) is 2.87. The molecule has 1 heterocycles. The number of nitrogens with one attached hydrogen (secondary N) is 1. The van der Waals surface area contributed by atoms with Gasteiger partial charge in [0.1, 0.15) is 11.9 Å². The fourth-order valence-corrected chi connectivity index (χ4v) is 2.21. The van der Waals surface area contributed by atoms with Crippen LogP contribution in [-0.4, -0.2) is 4.98 Å². The predicted octanol–water partition coefficient (Wildman–Crippen LogP) is 4.62. The molecule has 1 atom stereocenters. The first kappa shape index (κ1) is 11.8. The molecular weight excluding hydrogens is 234 g/mol. The zero-order valence-corrected chi connectivity index (χ0v) is 11.2. The number of aromatic nitrogens is 1. The zero-order chi connectivity index (χ0) is 13.2. The first-order chi connectivity index (χ1) is 9.22. The summed E-state index contributed by atoms with van der Waals surface area (Å²) in [6.07, 6.45) is 1.99. The van der Waals surface area contributed by atoms with Crippen LogP contribution in [-0.2, 0) is 0 Å². The van der Waals surface area contributed by atoms with E-state index in [2.05, 4.69) is 55.2 Å². The number of hydrogen-bond donors (Lipinski definition) is 1. The molecule has 2 aromatic carbocycles. The Morgan fingerprint density at radius 3 is 2.58 bits per heavy atom. The molecule has 0 aliphatic carbocycles. The van der Waals surface area contributed by atoms with Gasteiger partial charge >= 0.3 is 0 Å². The molecule has 0 radical (unpaired) electrons. The number of benzene rings is 2. The van der Waals surface area contributed by atoms with Gasteiger partial charge in [-0.3, -0.25) is 0 Å². The Kier molecular flexibility index (Phi) is 3.00. The maximum absolute atomic E-state index is 6.00. The molecule has 0 bridgehead atoms. The molecule has 3 rings (SSSR count). The number of hydrogen-bond acceptors (Lipinski definition) is 1. The molecule has 1 aromatic heterocycles. The molecule has 0 aliphatic rings. The predicted molar refractivity (Wildman–Crippen MR) is 78.5 cm³/mol. The van der Waals surface area contributed by atoms with E-state index in [0.717, 1.165) is 11.3 Å². The summed E-state index contributed by atoms with van der Waals surface area (Å²) in [6.45, 7) is 4.16. The molecule has 0 saturated heterocycles. The van der Waals surface area contributed by atoms with Crippen LogP contribution in [0.1, 0.15) is 24.2 Å². The van der Waals surface area contributed by atoms with E-state index >= 15 is 0 Å². The molecule has 3 aromatic rings. The number of aromatic amines is 1. The van der Waals surface area contributed by atoms with E-state index in [4.69, 9.17) is 4.74 Å². The number of ether oxygens (including phenoxy) is 1. The average molecular weight is 251 g/mol. The fourth-order valence-electron chi connectivity index (χ4n) is 2.21. The maximum atomic E-state index is 6.00. The van der Waals surface area contributed by atoms with Gasteiger partial charge in [0.15, 0.2) is 0 Å². The summed E-state index contributed by atoms with van der Waals surface area (Å²) in [5.41, 5.74) is 3.56. The van der Waals surface area contributed by atoms with Gasteiger partial charge in [0.05, 0.1) is 0 Å². The van der Waals surface area contributed by atoms with Crippen molar-refractivity contribution in [2.24, 2.45) is 0 Å². The normalized spacial score (nSPS) is 12.5. The summed E-state index contributed by atoms with van der Waals surface area (Å²) in [7, 11) is 0. The van der Waals surface area contributed by atoms with Crippen LogP contribution in [0.3, 0.4) is 0 Å². The largest absolute Gasteiger partial charge is 0.486 e. The van der Waals surface area contributed by atoms with Crippen LogP contribution in [0, 0.1) is 6.92 Å². The number of H-pyrrole nitrogens is 1. The lowest BCUT2D eigenvalue weighted by Crippen LogP contribution is -2.02. The van der Waals surface area contributed by atoms with Crippen LogP contribution in [0.5, 0.6) is 5.75 Å². The molecule has 2 heteroatoms. The molecule has 0 fully saturated rings. The van der Waals surface area contributed by atoms with Crippen molar-refractivity contribution in [1.82, 2.24) is 4.98 Å². The summed E-state index contributed by atoms with van der Waals surface area (Å²) in [5, 5.41) is 1.20. The smallest absolute Gasteiger partial charge is 0.122 e. The molecule has 1 unspecified atom stereocenters. The van der Waals surface area contributed by atoms with Crippen LogP contribution in [0.15, 0.2) is 54.7 Å². The van der Waals surface area contributed by atoms with Gasteiger partial charge in [-0.05, 0) is 43.0 Å². The van der Waals surface area contributed by atoms with Gasteiger partial charge in [-0.25, -0.2) is 0 Å². The fraction of sp³-hybridized carbons (Fsp3) is 0.176. The summed E-state index contributed by atoms with van der Waals surface area (Å²) in [6, 6.07) is 16.7. The SMILES string of the molecule is Cc1ccc(C(C)Oc2ccc3cc[nH]c3c2)cc1. The Balaban J connectivity index is 1.81. The van der Waals surface area contributed by atoms with Crippen LogP contribution in [0.4, 0.5) is 0 Å². The highest BCUT2D eigenvalue weighted by Gasteiger charge is 2.07. The lowest BCUT2D eigenvalue weighted by Gasteiger charge is -2.15. The minimum atomic E-state index is 0.0491. The van der Waals surface area contributed by atoms with E-state index in [1.54, 1.807) is 0 Å². The molecule has 2 nitrogen and oxygen atoms in total. The zero-order valence-electron chi connectivity index (χ0n) is 11.2. The van der Waals surface area contributed by atoms with Crippen molar-refractivity contribution >= 4 is 10.9 Å². The topological polar surface area (TPSA) is 25.0 Å². The monoisotopic (exact) mass is 251 g/mol. The van der Waals surface area contributed by atoms with Gasteiger partial charge in [0.2, 0.25) is 0 Å². The third-order valence-electron chi connectivity index (χ3n) is 3.39. The van der Waals surface area contributed by atoms with Crippen molar-refractivity contribution in [1.29, 1.82) is 0 Å². The van der Waals surface area contributed by atoms with Crippen LogP contribution >= 0.6 is 0 Å². The highest BCUT2D eigenvalue weighted by molar-refractivity contribution is 5.80. The Bertz CT molecular complexity index is 682. The van der Waals surface area contributed by atoms with E-state index in [1.165, 1.54) is 16.5 Å². The first-order valence-corrected chi connectivity index (χ1v) is 6.53. The highest BCUT2D eigenvalue weighted by Crippen LogP contribution is 2.25. The lowest BCUT2D eigenvalue weighted by molar-refractivity contribution is 0.227. The second-order valence-electron chi connectivity index (χ2n) is 4.90. The summed E-state index contributed by atoms with van der Waals surface area (Å²) < 4.78 is 6.00. The summed E-state index contributed by atoms with van der Waals surface area (Å²) >= 11 is 0.